The van der Waals surface area contributed by atoms with Gasteiger partial charge in [-0.25, -0.2) is 0 Å². The van der Waals surface area contributed by atoms with Crippen LogP contribution in [0.25, 0.3) is 0 Å². The van der Waals surface area contributed by atoms with Gasteiger partial charge in [-0.3, -0.25) is 4.79 Å². The molecule has 0 saturated carbocycles. The van der Waals surface area contributed by atoms with Gasteiger partial charge < -0.3 is 4.90 Å². The first-order valence-electron chi connectivity index (χ1n) is 8.39. The fraction of sp³-hybridized carbons (Fsp3) is 0.421. The Balaban J connectivity index is 1.47. The van der Waals surface area contributed by atoms with Crippen LogP contribution in [-0.4, -0.2) is 23.9 Å². The quantitative estimate of drug-likeness (QED) is 0.736. The molecule has 25 heavy (non-hydrogen) atoms. The minimum absolute atomic E-state index is 0.0867. The number of nitrogens with zero attached hydrogens (tertiary/aromatic N) is 1. The highest BCUT2D eigenvalue weighted by Crippen LogP contribution is 2.30. The topological polar surface area (TPSA) is 20.3 Å². The number of piperidine rings is 1. The average molecular weight is 367 g/mol. The monoisotopic (exact) mass is 367 g/mol. The van der Waals surface area contributed by atoms with E-state index in [1.807, 2.05) is 4.90 Å². The van der Waals surface area contributed by atoms with Crippen molar-refractivity contribution < 1.29 is 18.0 Å². The number of rotatable bonds is 4. The Bertz CT molecular complexity index is 686. The van der Waals surface area contributed by atoms with E-state index >= 15 is 0 Å². The molecule has 1 aromatic heterocycles. The third-order valence-electron chi connectivity index (χ3n) is 4.77. The summed E-state index contributed by atoms with van der Waals surface area (Å²) >= 11 is 1.70. The van der Waals surface area contributed by atoms with Crippen LogP contribution in [0, 0.1) is 0 Å². The van der Waals surface area contributed by atoms with Crippen molar-refractivity contribution in [3.63, 3.8) is 0 Å². The van der Waals surface area contributed by atoms with E-state index in [4.69, 9.17) is 0 Å². The predicted octanol–water partition coefficient (Wildman–Crippen LogP) is 5.11. The minimum Gasteiger partial charge on any atom is -0.343 e. The molecule has 0 aliphatic carbocycles. The molecular weight excluding hydrogens is 347 g/mol. The van der Waals surface area contributed by atoms with Gasteiger partial charge in [0, 0.05) is 19.5 Å². The van der Waals surface area contributed by atoms with Gasteiger partial charge in [-0.15, -0.1) is 0 Å². The molecule has 1 amide bonds. The fourth-order valence-corrected chi connectivity index (χ4v) is 3.98. The zero-order valence-electron chi connectivity index (χ0n) is 13.8. The van der Waals surface area contributed by atoms with E-state index in [0.717, 1.165) is 43.6 Å². The van der Waals surface area contributed by atoms with E-state index in [9.17, 15) is 18.0 Å². The summed E-state index contributed by atoms with van der Waals surface area (Å²) in [7, 11) is 0. The van der Waals surface area contributed by atoms with Crippen molar-refractivity contribution >= 4 is 17.2 Å². The van der Waals surface area contributed by atoms with Gasteiger partial charge in [0.1, 0.15) is 0 Å². The van der Waals surface area contributed by atoms with Crippen LogP contribution in [0.5, 0.6) is 0 Å². The highest BCUT2D eigenvalue weighted by molar-refractivity contribution is 7.07. The standard InChI is InChI=1S/C19H20F3NOS/c20-19(21,22)17-4-1-14(2-5-17)3-6-18(24)23-10-7-15(8-11-23)16-9-12-25-13-16/h1-2,4-5,9,12-13,15H,3,6-8,10-11H2. The van der Waals surface area contributed by atoms with E-state index in [-0.39, 0.29) is 5.91 Å². The van der Waals surface area contributed by atoms with Crippen molar-refractivity contribution in [1.29, 1.82) is 0 Å². The lowest BCUT2D eigenvalue weighted by atomic mass is 9.91. The summed E-state index contributed by atoms with van der Waals surface area (Å²) in [5.74, 6) is 0.619. The first-order valence-corrected chi connectivity index (χ1v) is 9.34. The number of carbonyl (C=O) groups excluding carboxylic acids is 1. The van der Waals surface area contributed by atoms with Crippen LogP contribution in [0.15, 0.2) is 41.1 Å². The van der Waals surface area contributed by atoms with Crippen LogP contribution >= 0.6 is 11.3 Å². The van der Waals surface area contributed by atoms with Gasteiger partial charge in [-0.05, 0) is 65.3 Å². The molecule has 6 heteroatoms. The first-order chi connectivity index (χ1) is 11.9. The van der Waals surface area contributed by atoms with Gasteiger partial charge in [-0.1, -0.05) is 12.1 Å². The molecule has 0 spiro atoms. The molecule has 2 heterocycles. The second-order valence-corrected chi connectivity index (χ2v) is 7.19. The molecule has 2 nitrogen and oxygen atoms in total. The lowest BCUT2D eigenvalue weighted by Gasteiger charge is -2.32. The third-order valence-corrected chi connectivity index (χ3v) is 5.47. The molecule has 0 bridgehead atoms. The summed E-state index contributed by atoms with van der Waals surface area (Å²) in [6.07, 6.45) is -1.55. The summed E-state index contributed by atoms with van der Waals surface area (Å²) in [4.78, 5) is 14.2. The van der Waals surface area contributed by atoms with Gasteiger partial charge in [-0.2, -0.15) is 24.5 Å². The van der Waals surface area contributed by atoms with Crippen LogP contribution in [0.4, 0.5) is 13.2 Å². The maximum atomic E-state index is 12.5. The molecule has 3 rings (SSSR count). The van der Waals surface area contributed by atoms with E-state index in [0.29, 0.717) is 18.8 Å². The van der Waals surface area contributed by atoms with Crippen LogP contribution in [0.3, 0.4) is 0 Å². The second-order valence-electron chi connectivity index (χ2n) is 6.41. The number of aryl methyl sites for hydroxylation is 1. The molecule has 2 aromatic rings. The lowest BCUT2D eigenvalue weighted by Crippen LogP contribution is -2.37. The first kappa shape index (κ1) is 18.0. The van der Waals surface area contributed by atoms with Crippen LogP contribution in [-0.2, 0) is 17.4 Å². The molecule has 134 valence electrons. The van der Waals surface area contributed by atoms with Crippen molar-refractivity contribution in [2.24, 2.45) is 0 Å². The summed E-state index contributed by atoms with van der Waals surface area (Å²) in [6.45, 7) is 1.51. The Morgan fingerprint density at radius 2 is 1.80 bits per heavy atom. The van der Waals surface area contributed by atoms with E-state index in [1.54, 1.807) is 11.3 Å². The highest BCUT2D eigenvalue weighted by atomic mass is 32.1. The van der Waals surface area contributed by atoms with Crippen molar-refractivity contribution in [2.45, 2.75) is 37.8 Å². The number of alkyl halides is 3. The molecule has 0 N–H and O–H groups in total. The van der Waals surface area contributed by atoms with E-state index in [2.05, 4.69) is 16.8 Å². The SMILES string of the molecule is O=C(CCc1ccc(C(F)(F)F)cc1)N1CCC(c2ccsc2)CC1. The maximum Gasteiger partial charge on any atom is 0.416 e. The van der Waals surface area contributed by atoms with Gasteiger partial charge in [0.15, 0.2) is 0 Å². The molecule has 1 aliphatic heterocycles. The number of hydrogen-bond donors (Lipinski definition) is 0. The summed E-state index contributed by atoms with van der Waals surface area (Å²) in [6, 6.07) is 7.22. The van der Waals surface area contributed by atoms with E-state index in [1.165, 1.54) is 17.7 Å². The van der Waals surface area contributed by atoms with Crippen molar-refractivity contribution in [2.75, 3.05) is 13.1 Å². The van der Waals surface area contributed by atoms with Crippen LogP contribution < -0.4 is 0 Å². The van der Waals surface area contributed by atoms with Crippen LogP contribution in [0.1, 0.15) is 41.9 Å². The highest BCUT2D eigenvalue weighted by Gasteiger charge is 2.30. The molecule has 1 aliphatic rings. The van der Waals surface area contributed by atoms with Gasteiger partial charge >= 0.3 is 6.18 Å². The van der Waals surface area contributed by atoms with Gasteiger partial charge in [0.25, 0.3) is 0 Å². The van der Waals surface area contributed by atoms with Gasteiger partial charge in [0.2, 0.25) is 5.91 Å². The molecule has 1 saturated heterocycles. The van der Waals surface area contributed by atoms with Crippen molar-refractivity contribution in [3.8, 4) is 0 Å². The number of amides is 1. The molecule has 0 atom stereocenters. The number of hydrogen-bond acceptors (Lipinski definition) is 2. The summed E-state index contributed by atoms with van der Waals surface area (Å²) in [5, 5.41) is 4.25. The Morgan fingerprint density at radius 1 is 1.12 bits per heavy atom. The Labute approximate surface area is 149 Å². The molecular formula is C19H20F3NOS. The average Bonchev–Trinajstić information content (AvgIpc) is 3.14. The van der Waals surface area contributed by atoms with Crippen LogP contribution in [0.2, 0.25) is 0 Å². The smallest absolute Gasteiger partial charge is 0.343 e. The maximum absolute atomic E-state index is 12.5. The number of likely N-dealkylation sites (tertiary alicyclic amines) is 1. The molecule has 0 radical (unpaired) electrons. The summed E-state index contributed by atoms with van der Waals surface area (Å²) < 4.78 is 37.6. The number of halogens is 3. The fourth-order valence-electron chi connectivity index (χ4n) is 3.24. The largest absolute Gasteiger partial charge is 0.416 e. The normalized spacial score (nSPS) is 16.2. The predicted molar refractivity (Wildman–Crippen MR) is 92.6 cm³/mol. The summed E-state index contributed by atoms with van der Waals surface area (Å²) in [5.41, 5.74) is 1.47. The number of carbonyl (C=O) groups is 1. The molecule has 0 unspecified atom stereocenters. The number of benzene rings is 1. The minimum atomic E-state index is -4.32. The second kappa shape index (κ2) is 7.60. The Kier molecular flexibility index (Phi) is 5.47. The van der Waals surface area contributed by atoms with Crippen molar-refractivity contribution in [3.05, 3.63) is 57.8 Å². The lowest BCUT2D eigenvalue weighted by molar-refractivity contribution is -0.137. The van der Waals surface area contributed by atoms with Gasteiger partial charge in [0.05, 0.1) is 5.56 Å². The zero-order chi connectivity index (χ0) is 17.9. The zero-order valence-corrected chi connectivity index (χ0v) is 14.6. The number of thiophene rings is 1. The van der Waals surface area contributed by atoms with E-state index < -0.39 is 11.7 Å². The Morgan fingerprint density at radius 3 is 2.36 bits per heavy atom. The Hall–Kier alpha value is -1.82. The van der Waals surface area contributed by atoms with Crippen molar-refractivity contribution in [1.82, 2.24) is 4.90 Å². The molecule has 1 fully saturated rings. The molecule has 1 aromatic carbocycles. The third kappa shape index (κ3) is 4.63.